The monoisotopic (exact) mass is 382 g/mol. The molecule has 4 aromatic rings. The van der Waals surface area contributed by atoms with Crippen LogP contribution in [-0.2, 0) is 19.4 Å². The number of hydrogen-bond donors (Lipinski definition) is 1. The Balaban J connectivity index is 1.41. The second-order valence-corrected chi connectivity index (χ2v) is 7.83. The second-order valence-electron chi connectivity index (χ2n) is 7.83. The highest BCUT2D eigenvalue weighted by molar-refractivity contribution is 5.89. The fourth-order valence-corrected chi connectivity index (χ4v) is 4.42. The first-order valence-corrected chi connectivity index (χ1v) is 10.3. The third-order valence-corrected chi connectivity index (χ3v) is 6.02. The van der Waals surface area contributed by atoms with E-state index in [1.807, 2.05) is 12.1 Å². The van der Waals surface area contributed by atoms with Gasteiger partial charge in [-0.15, -0.1) is 0 Å². The molecule has 1 aliphatic rings. The third kappa shape index (κ3) is 3.66. The van der Waals surface area contributed by atoms with Gasteiger partial charge in [0.05, 0.1) is 7.11 Å². The molecule has 3 heteroatoms. The van der Waals surface area contributed by atoms with E-state index in [2.05, 4.69) is 70.5 Å². The zero-order valence-corrected chi connectivity index (χ0v) is 16.8. The van der Waals surface area contributed by atoms with Crippen LogP contribution in [0.15, 0.2) is 72.8 Å². The molecule has 0 atom stereocenters. The van der Waals surface area contributed by atoms with Crippen molar-refractivity contribution in [1.29, 1.82) is 0 Å². The predicted octanol–water partition coefficient (Wildman–Crippen LogP) is 5.44. The first kappa shape index (κ1) is 18.0. The minimum atomic E-state index is 0.892. The summed E-state index contributed by atoms with van der Waals surface area (Å²) < 4.78 is 5.29. The van der Waals surface area contributed by atoms with Gasteiger partial charge in [-0.05, 0) is 52.9 Å². The number of fused-ring (bicyclic) bond motifs is 3. The summed E-state index contributed by atoms with van der Waals surface area (Å²) in [6.45, 7) is 3.22. The van der Waals surface area contributed by atoms with E-state index in [4.69, 9.17) is 4.74 Å². The van der Waals surface area contributed by atoms with Crippen LogP contribution in [0.4, 0.5) is 0 Å². The molecule has 1 aliphatic heterocycles. The Morgan fingerprint density at radius 1 is 0.862 bits per heavy atom. The lowest BCUT2D eigenvalue weighted by Gasteiger charge is -2.19. The molecule has 29 heavy (non-hydrogen) atoms. The average molecular weight is 383 g/mol. The number of hydrogen-bond acceptors (Lipinski definition) is 2. The van der Waals surface area contributed by atoms with Gasteiger partial charge in [-0.1, -0.05) is 48.5 Å². The van der Waals surface area contributed by atoms with Crippen LogP contribution in [0.3, 0.4) is 0 Å². The fraction of sp³-hybridized carbons (Fsp3) is 0.231. The molecular formula is C26H26N2O. The van der Waals surface area contributed by atoms with Crippen LogP contribution in [0.5, 0.6) is 5.75 Å². The Kier molecular flexibility index (Phi) is 4.82. The lowest BCUT2D eigenvalue weighted by molar-refractivity contribution is 0.279. The topological polar surface area (TPSA) is 28.3 Å². The molecule has 0 saturated heterocycles. The van der Waals surface area contributed by atoms with Crippen molar-refractivity contribution < 1.29 is 4.74 Å². The highest BCUT2D eigenvalue weighted by Gasteiger charge is 2.18. The minimum absolute atomic E-state index is 0.892. The maximum atomic E-state index is 5.29. The summed E-state index contributed by atoms with van der Waals surface area (Å²) in [5, 5.41) is 1.37. The maximum Gasteiger partial charge on any atom is 0.118 e. The molecule has 0 aliphatic carbocycles. The van der Waals surface area contributed by atoms with Crippen LogP contribution in [0, 0.1) is 0 Å². The number of aromatic amines is 1. The molecule has 0 bridgehead atoms. The van der Waals surface area contributed by atoms with Crippen molar-refractivity contribution in [1.82, 2.24) is 9.88 Å². The highest BCUT2D eigenvalue weighted by atomic mass is 16.5. The quantitative estimate of drug-likeness (QED) is 0.509. The van der Waals surface area contributed by atoms with Gasteiger partial charge in [0.1, 0.15) is 5.75 Å². The number of aromatic nitrogens is 1. The molecular weight excluding hydrogens is 356 g/mol. The standard InChI is InChI=1S/C26H26N2O/c1-29-22-10-7-20(8-11-22)21-9-12-25-24(17-21)23-13-15-28(16-14-26(23)27-25)18-19-5-3-2-4-6-19/h2-12,17,27H,13-16,18H2,1H3. The second kappa shape index (κ2) is 7.76. The molecule has 0 unspecified atom stereocenters. The Labute approximate surface area is 171 Å². The first-order chi connectivity index (χ1) is 14.3. The number of nitrogens with zero attached hydrogens (tertiary/aromatic N) is 1. The van der Waals surface area contributed by atoms with E-state index in [0.29, 0.717) is 0 Å². The average Bonchev–Trinajstić information content (AvgIpc) is 3.01. The van der Waals surface area contributed by atoms with E-state index in [1.165, 1.54) is 38.9 Å². The van der Waals surface area contributed by atoms with E-state index < -0.39 is 0 Å². The van der Waals surface area contributed by atoms with Crippen molar-refractivity contribution in [3.63, 3.8) is 0 Å². The van der Waals surface area contributed by atoms with E-state index >= 15 is 0 Å². The van der Waals surface area contributed by atoms with Crippen LogP contribution in [0.25, 0.3) is 22.0 Å². The molecule has 3 nitrogen and oxygen atoms in total. The zero-order valence-electron chi connectivity index (χ0n) is 16.8. The summed E-state index contributed by atoms with van der Waals surface area (Å²) in [6, 6.07) is 25.9. The first-order valence-electron chi connectivity index (χ1n) is 10.3. The summed E-state index contributed by atoms with van der Waals surface area (Å²) in [6.07, 6.45) is 2.17. The van der Waals surface area contributed by atoms with Crippen LogP contribution in [-0.4, -0.2) is 30.1 Å². The third-order valence-electron chi connectivity index (χ3n) is 6.02. The molecule has 3 aromatic carbocycles. The number of nitrogens with one attached hydrogen (secondary N) is 1. The SMILES string of the molecule is COc1ccc(-c2ccc3[nH]c4c(c3c2)CCN(Cc2ccccc2)CC4)cc1. The van der Waals surface area contributed by atoms with Crippen molar-refractivity contribution in [3.8, 4) is 16.9 Å². The van der Waals surface area contributed by atoms with Crippen molar-refractivity contribution in [2.24, 2.45) is 0 Å². The van der Waals surface area contributed by atoms with Crippen LogP contribution in [0.1, 0.15) is 16.8 Å². The van der Waals surface area contributed by atoms with Crippen LogP contribution in [0.2, 0.25) is 0 Å². The zero-order chi connectivity index (χ0) is 19.6. The van der Waals surface area contributed by atoms with Gasteiger partial charge >= 0.3 is 0 Å². The summed E-state index contributed by atoms with van der Waals surface area (Å²) in [5.74, 6) is 0.892. The Morgan fingerprint density at radius 3 is 2.41 bits per heavy atom. The molecule has 0 spiro atoms. The summed E-state index contributed by atoms with van der Waals surface area (Å²) >= 11 is 0. The van der Waals surface area contributed by atoms with E-state index in [-0.39, 0.29) is 0 Å². The number of benzene rings is 3. The fourth-order valence-electron chi connectivity index (χ4n) is 4.42. The van der Waals surface area contributed by atoms with Gasteiger partial charge in [0.15, 0.2) is 0 Å². The maximum absolute atomic E-state index is 5.29. The van der Waals surface area contributed by atoms with Crippen molar-refractivity contribution in [2.75, 3.05) is 20.2 Å². The molecule has 1 aromatic heterocycles. The molecule has 5 rings (SSSR count). The Morgan fingerprint density at radius 2 is 1.62 bits per heavy atom. The minimum Gasteiger partial charge on any atom is -0.497 e. The summed E-state index contributed by atoms with van der Waals surface area (Å²) in [5.41, 5.74) is 8.02. The van der Waals surface area contributed by atoms with Gasteiger partial charge in [0, 0.05) is 42.7 Å². The predicted molar refractivity (Wildman–Crippen MR) is 119 cm³/mol. The van der Waals surface area contributed by atoms with Crippen molar-refractivity contribution in [2.45, 2.75) is 19.4 Å². The Hall–Kier alpha value is -3.04. The molecule has 1 N–H and O–H groups in total. The summed E-state index contributed by atoms with van der Waals surface area (Å²) in [4.78, 5) is 6.26. The lowest BCUT2D eigenvalue weighted by Crippen LogP contribution is -2.26. The van der Waals surface area contributed by atoms with Crippen molar-refractivity contribution >= 4 is 10.9 Å². The van der Waals surface area contributed by atoms with E-state index in [1.54, 1.807) is 7.11 Å². The van der Waals surface area contributed by atoms with E-state index in [9.17, 15) is 0 Å². The van der Waals surface area contributed by atoms with Gasteiger partial charge in [-0.2, -0.15) is 0 Å². The van der Waals surface area contributed by atoms with E-state index in [0.717, 1.165) is 38.2 Å². The van der Waals surface area contributed by atoms with Gasteiger partial charge in [0.25, 0.3) is 0 Å². The molecule has 0 amide bonds. The van der Waals surface area contributed by atoms with Gasteiger partial charge in [0.2, 0.25) is 0 Å². The number of methoxy groups -OCH3 is 1. The lowest BCUT2D eigenvalue weighted by atomic mass is 10.0. The van der Waals surface area contributed by atoms with Gasteiger partial charge < -0.3 is 9.72 Å². The summed E-state index contributed by atoms with van der Waals surface area (Å²) in [7, 11) is 1.71. The molecule has 2 heterocycles. The molecule has 0 saturated carbocycles. The van der Waals surface area contributed by atoms with Crippen LogP contribution < -0.4 is 4.74 Å². The number of rotatable bonds is 4. The number of ether oxygens (including phenoxy) is 1. The van der Waals surface area contributed by atoms with Crippen LogP contribution >= 0.6 is 0 Å². The van der Waals surface area contributed by atoms with Gasteiger partial charge in [-0.3, -0.25) is 4.90 Å². The normalized spacial score (nSPS) is 14.5. The molecule has 146 valence electrons. The largest absolute Gasteiger partial charge is 0.497 e. The Bertz CT molecular complexity index is 1110. The highest BCUT2D eigenvalue weighted by Crippen LogP contribution is 2.31. The number of H-pyrrole nitrogens is 1. The smallest absolute Gasteiger partial charge is 0.118 e. The molecule has 0 radical (unpaired) electrons. The van der Waals surface area contributed by atoms with Gasteiger partial charge in [-0.25, -0.2) is 0 Å². The molecule has 0 fully saturated rings. The van der Waals surface area contributed by atoms with Crippen molar-refractivity contribution in [3.05, 3.63) is 89.6 Å².